The lowest BCUT2D eigenvalue weighted by atomic mass is 10.0. The molecule has 2 aromatic rings. The van der Waals surface area contributed by atoms with E-state index in [1.54, 1.807) is 6.07 Å². The van der Waals surface area contributed by atoms with Crippen LogP contribution in [0.5, 0.6) is 5.75 Å². The molecule has 1 unspecified atom stereocenters. The van der Waals surface area contributed by atoms with Crippen molar-refractivity contribution in [3.05, 3.63) is 57.6 Å². The minimum absolute atomic E-state index is 0.106. The minimum Gasteiger partial charge on any atom is -0.508 e. The standard InChI is InChI=1S/C17H20BrNO/c1-4-15(14-7-5-6-8-16(14)20)19-17-11(2)9-13(18)10-12(17)3/h5-10,15,19-20H,4H2,1-3H3. The van der Waals surface area contributed by atoms with Gasteiger partial charge in [-0.05, 0) is 49.6 Å². The van der Waals surface area contributed by atoms with Crippen molar-refractivity contribution in [3.8, 4) is 5.75 Å². The van der Waals surface area contributed by atoms with Crippen molar-refractivity contribution in [3.63, 3.8) is 0 Å². The number of hydrogen-bond acceptors (Lipinski definition) is 2. The number of para-hydroxylation sites is 1. The number of nitrogens with one attached hydrogen (secondary N) is 1. The lowest BCUT2D eigenvalue weighted by Gasteiger charge is -2.22. The first-order valence-electron chi connectivity index (χ1n) is 6.84. The van der Waals surface area contributed by atoms with Gasteiger partial charge in [0, 0.05) is 15.7 Å². The first kappa shape index (κ1) is 14.9. The van der Waals surface area contributed by atoms with Crippen LogP contribution < -0.4 is 5.32 Å². The summed E-state index contributed by atoms with van der Waals surface area (Å²) >= 11 is 3.52. The summed E-state index contributed by atoms with van der Waals surface area (Å²) in [5, 5.41) is 13.6. The quantitative estimate of drug-likeness (QED) is 0.791. The van der Waals surface area contributed by atoms with E-state index >= 15 is 0 Å². The summed E-state index contributed by atoms with van der Waals surface area (Å²) in [4.78, 5) is 0. The number of aromatic hydroxyl groups is 1. The second kappa shape index (κ2) is 6.31. The Hall–Kier alpha value is -1.48. The molecule has 0 saturated carbocycles. The van der Waals surface area contributed by atoms with E-state index in [1.165, 1.54) is 11.1 Å². The van der Waals surface area contributed by atoms with E-state index in [9.17, 15) is 5.11 Å². The molecule has 0 aliphatic rings. The molecule has 0 bridgehead atoms. The predicted octanol–water partition coefficient (Wildman–Crippen LogP) is 5.33. The number of aryl methyl sites for hydroxylation is 2. The van der Waals surface area contributed by atoms with Crippen molar-refractivity contribution in [2.45, 2.75) is 33.2 Å². The zero-order valence-corrected chi connectivity index (χ0v) is 13.7. The second-order valence-corrected chi connectivity index (χ2v) is 5.99. The van der Waals surface area contributed by atoms with Gasteiger partial charge in [0.15, 0.2) is 0 Å². The molecule has 0 spiro atoms. The summed E-state index contributed by atoms with van der Waals surface area (Å²) < 4.78 is 1.09. The number of halogens is 1. The molecule has 20 heavy (non-hydrogen) atoms. The number of phenols is 1. The fraction of sp³-hybridized carbons (Fsp3) is 0.294. The molecule has 0 aliphatic heterocycles. The van der Waals surface area contributed by atoms with Crippen molar-refractivity contribution in [2.24, 2.45) is 0 Å². The largest absolute Gasteiger partial charge is 0.508 e. The van der Waals surface area contributed by atoms with Crippen LogP contribution in [-0.4, -0.2) is 5.11 Å². The summed E-state index contributed by atoms with van der Waals surface area (Å²) in [7, 11) is 0. The molecule has 1 atom stereocenters. The van der Waals surface area contributed by atoms with Gasteiger partial charge >= 0.3 is 0 Å². The van der Waals surface area contributed by atoms with Gasteiger partial charge in [0.05, 0.1) is 6.04 Å². The Morgan fingerprint density at radius 2 is 1.75 bits per heavy atom. The van der Waals surface area contributed by atoms with E-state index in [2.05, 4.69) is 54.2 Å². The van der Waals surface area contributed by atoms with Crippen molar-refractivity contribution in [2.75, 3.05) is 5.32 Å². The van der Waals surface area contributed by atoms with Crippen LogP contribution >= 0.6 is 15.9 Å². The van der Waals surface area contributed by atoms with Crippen LogP contribution in [0.4, 0.5) is 5.69 Å². The second-order valence-electron chi connectivity index (χ2n) is 5.08. The summed E-state index contributed by atoms with van der Waals surface area (Å²) in [5.41, 5.74) is 4.48. The zero-order valence-electron chi connectivity index (χ0n) is 12.1. The average molecular weight is 334 g/mol. The lowest BCUT2D eigenvalue weighted by Crippen LogP contribution is -2.12. The third-order valence-electron chi connectivity index (χ3n) is 3.54. The maximum atomic E-state index is 10.0. The smallest absolute Gasteiger partial charge is 0.120 e. The molecule has 2 aromatic carbocycles. The highest BCUT2D eigenvalue weighted by atomic mass is 79.9. The zero-order chi connectivity index (χ0) is 14.7. The molecule has 0 amide bonds. The molecule has 0 aliphatic carbocycles. The van der Waals surface area contributed by atoms with E-state index in [4.69, 9.17) is 0 Å². The highest BCUT2D eigenvalue weighted by molar-refractivity contribution is 9.10. The van der Waals surface area contributed by atoms with Crippen molar-refractivity contribution < 1.29 is 5.11 Å². The molecule has 0 aromatic heterocycles. The number of rotatable bonds is 4. The maximum absolute atomic E-state index is 10.0. The first-order chi connectivity index (χ1) is 9.52. The molecule has 0 fully saturated rings. The molecule has 2 N–H and O–H groups in total. The summed E-state index contributed by atoms with van der Waals surface area (Å²) in [6, 6.07) is 11.8. The van der Waals surface area contributed by atoms with Crippen LogP contribution in [-0.2, 0) is 0 Å². The van der Waals surface area contributed by atoms with Gasteiger partial charge in [-0.25, -0.2) is 0 Å². The molecular formula is C17H20BrNO. The summed E-state index contributed by atoms with van der Waals surface area (Å²) in [6.07, 6.45) is 0.909. The van der Waals surface area contributed by atoms with Crippen LogP contribution in [0, 0.1) is 13.8 Å². The fourth-order valence-electron chi connectivity index (χ4n) is 2.49. The highest BCUT2D eigenvalue weighted by Crippen LogP contribution is 2.33. The van der Waals surface area contributed by atoms with Gasteiger partial charge in [-0.1, -0.05) is 41.1 Å². The van der Waals surface area contributed by atoms with E-state index in [0.717, 1.165) is 22.1 Å². The van der Waals surface area contributed by atoms with Gasteiger partial charge < -0.3 is 10.4 Å². The molecule has 0 saturated heterocycles. The Labute approximate surface area is 129 Å². The van der Waals surface area contributed by atoms with Crippen LogP contribution in [0.1, 0.15) is 36.1 Å². The average Bonchev–Trinajstić information content (AvgIpc) is 2.39. The van der Waals surface area contributed by atoms with E-state index in [1.807, 2.05) is 18.2 Å². The first-order valence-corrected chi connectivity index (χ1v) is 7.63. The number of hydrogen-bond donors (Lipinski definition) is 2. The van der Waals surface area contributed by atoms with Crippen LogP contribution in [0.3, 0.4) is 0 Å². The topological polar surface area (TPSA) is 32.3 Å². The predicted molar refractivity (Wildman–Crippen MR) is 88.4 cm³/mol. The summed E-state index contributed by atoms with van der Waals surface area (Å²) in [6.45, 7) is 6.31. The lowest BCUT2D eigenvalue weighted by molar-refractivity contribution is 0.462. The Balaban J connectivity index is 2.35. The Kier molecular flexibility index (Phi) is 4.71. The number of phenolic OH excluding ortho intramolecular Hbond substituents is 1. The van der Waals surface area contributed by atoms with Crippen molar-refractivity contribution in [1.82, 2.24) is 0 Å². The Morgan fingerprint density at radius 1 is 1.15 bits per heavy atom. The van der Waals surface area contributed by atoms with Crippen LogP contribution in [0.15, 0.2) is 40.9 Å². The normalized spacial score (nSPS) is 12.2. The molecule has 0 heterocycles. The van der Waals surface area contributed by atoms with E-state index in [0.29, 0.717) is 5.75 Å². The van der Waals surface area contributed by atoms with Gasteiger partial charge in [0.25, 0.3) is 0 Å². The van der Waals surface area contributed by atoms with Gasteiger partial charge in [0.2, 0.25) is 0 Å². The van der Waals surface area contributed by atoms with E-state index < -0.39 is 0 Å². The summed E-state index contributed by atoms with van der Waals surface area (Å²) in [5.74, 6) is 0.347. The van der Waals surface area contributed by atoms with Gasteiger partial charge in [-0.2, -0.15) is 0 Å². The number of benzene rings is 2. The Morgan fingerprint density at radius 3 is 2.30 bits per heavy atom. The maximum Gasteiger partial charge on any atom is 0.120 e. The molecule has 2 rings (SSSR count). The molecule has 106 valence electrons. The van der Waals surface area contributed by atoms with Crippen molar-refractivity contribution >= 4 is 21.6 Å². The van der Waals surface area contributed by atoms with Crippen LogP contribution in [0.2, 0.25) is 0 Å². The minimum atomic E-state index is 0.106. The fourth-order valence-corrected chi connectivity index (χ4v) is 3.18. The molecule has 0 radical (unpaired) electrons. The third-order valence-corrected chi connectivity index (χ3v) is 3.99. The third kappa shape index (κ3) is 3.15. The van der Waals surface area contributed by atoms with Gasteiger partial charge in [-0.3, -0.25) is 0 Å². The monoisotopic (exact) mass is 333 g/mol. The molecular weight excluding hydrogens is 314 g/mol. The SMILES string of the molecule is CCC(Nc1c(C)cc(Br)cc1C)c1ccccc1O. The molecule has 3 heteroatoms. The van der Waals surface area contributed by atoms with Crippen molar-refractivity contribution in [1.29, 1.82) is 0 Å². The molecule has 2 nitrogen and oxygen atoms in total. The van der Waals surface area contributed by atoms with Gasteiger partial charge in [-0.15, -0.1) is 0 Å². The number of anilines is 1. The van der Waals surface area contributed by atoms with Crippen LogP contribution in [0.25, 0.3) is 0 Å². The Bertz CT molecular complexity index is 587. The highest BCUT2D eigenvalue weighted by Gasteiger charge is 2.15. The van der Waals surface area contributed by atoms with E-state index in [-0.39, 0.29) is 6.04 Å². The van der Waals surface area contributed by atoms with Gasteiger partial charge in [0.1, 0.15) is 5.75 Å².